The van der Waals surface area contributed by atoms with Crippen LogP contribution in [0.3, 0.4) is 0 Å². The zero-order chi connectivity index (χ0) is 22.6. The molecule has 2 aromatic carbocycles. The fourth-order valence-electron chi connectivity index (χ4n) is 2.71. The minimum atomic E-state index is -3.96. The lowest BCUT2D eigenvalue weighted by atomic mass is 10.2. The molecule has 3 rings (SSSR count). The molecule has 11 heteroatoms. The number of rotatable bonds is 8. The van der Waals surface area contributed by atoms with Crippen LogP contribution in [0, 0.1) is 6.92 Å². The third kappa shape index (κ3) is 5.50. The molecule has 0 radical (unpaired) electrons. The predicted molar refractivity (Wildman–Crippen MR) is 120 cm³/mol. The van der Waals surface area contributed by atoms with E-state index >= 15 is 0 Å². The predicted octanol–water partition coefficient (Wildman–Crippen LogP) is 2.70. The number of nitrogens with one attached hydrogen (secondary N) is 3. The van der Waals surface area contributed by atoms with Crippen LogP contribution < -0.4 is 14.8 Å². The van der Waals surface area contributed by atoms with Crippen molar-refractivity contribution in [1.29, 1.82) is 0 Å². The molecule has 1 aromatic heterocycles. The van der Waals surface area contributed by atoms with Crippen molar-refractivity contribution in [2.45, 2.75) is 23.3 Å². The largest absolute Gasteiger partial charge is 0.347 e. The van der Waals surface area contributed by atoms with Gasteiger partial charge in [-0.25, -0.2) is 21.6 Å². The van der Waals surface area contributed by atoms with E-state index in [9.17, 15) is 21.6 Å². The van der Waals surface area contributed by atoms with Crippen molar-refractivity contribution in [3.8, 4) is 0 Å². The minimum Gasteiger partial charge on any atom is -0.347 e. The summed E-state index contributed by atoms with van der Waals surface area (Å²) in [6.07, 6.45) is 0. The molecule has 0 bridgehead atoms. The fraction of sp³-hybridized carbons (Fsp3) is 0.150. The Bertz CT molecular complexity index is 1300. The number of aryl methyl sites for hydroxylation is 1. The van der Waals surface area contributed by atoms with Gasteiger partial charge in [0.1, 0.15) is 9.77 Å². The number of hydrogen-bond acceptors (Lipinski definition) is 6. The van der Waals surface area contributed by atoms with Crippen molar-refractivity contribution in [3.63, 3.8) is 0 Å². The molecule has 8 nitrogen and oxygen atoms in total. The minimum absolute atomic E-state index is 0.0364. The summed E-state index contributed by atoms with van der Waals surface area (Å²) in [5.41, 5.74) is 1.94. The van der Waals surface area contributed by atoms with Gasteiger partial charge in [-0.05, 0) is 55.2 Å². The van der Waals surface area contributed by atoms with Gasteiger partial charge in [0.15, 0.2) is 0 Å². The molecule has 0 aliphatic rings. The fourth-order valence-corrected chi connectivity index (χ4v) is 5.91. The Labute approximate surface area is 185 Å². The first-order chi connectivity index (χ1) is 14.6. The third-order valence-electron chi connectivity index (χ3n) is 4.36. The smallest absolute Gasteiger partial charge is 0.263 e. The van der Waals surface area contributed by atoms with Crippen LogP contribution in [-0.4, -0.2) is 29.8 Å². The first-order valence-electron chi connectivity index (χ1n) is 9.10. The second-order valence-corrected chi connectivity index (χ2v) is 11.1. The van der Waals surface area contributed by atoms with E-state index in [2.05, 4.69) is 14.8 Å². The molecule has 0 spiro atoms. The summed E-state index contributed by atoms with van der Waals surface area (Å²) in [7, 11) is -6.26. The van der Waals surface area contributed by atoms with Gasteiger partial charge in [0.05, 0.1) is 4.90 Å². The van der Waals surface area contributed by atoms with Crippen molar-refractivity contribution in [1.82, 2.24) is 10.0 Å². The molecule has 0 unspecified atom stereocenters. The first-order valence-corrected chi connectivity index (χ1v) is 12.9. The number of hydrogen-bond donors (Lipinski definition) is 3. The number of carbonyl (C=O) groups excluding carboxylic acids is 1. The molecule has 31 heavy (non-hydrogen) atoms. The number of amides is 1. The van der Waals surface area contributed by atoms with Gasteiger partial charge in [-0.2, -0.15) is 0 Å². The summed E-state index contributed by atoms with van der Waals surface area (Å²) in [6.45, 7) is 1.93. The Balaban J connectivity index is 1.75. The summed E-state index contributed by atoms with van der Waals surface area (Å²) in [5, 5.41) is 4.17. The molecule has 0 atom stereocenters. The van der Waals surface area contributed by atoms with Crippen molar-refractivity contribution < 1.29 is 21.6 Å². The molecule has 0 fully saturated rings. The van der Waals surface area contributed by atoms with Crippen LogP contribution in [0.2, 0.25) is 0 Å². The van der Waals surface area contributed by atoms with Gasteiger partial charge in [0.25, 0.3) is 15.9 Å². The van der Waals surface area contributed by atoms with E-state index in [1.54, 1.807) is 36.4 Å². The van der Waals surface area contributed by atoms with Crippen LogP contribution in [0.25, 0.3) is 0 Å². The molecule has 3 aromatic rings. The molecule has 164 valence electrons. The van der Waals surface area contributed by atoms with Crippen molar-refractivity contribution in [3.05, 3.63) is 76.0 Å². The maximum atomic E-state index is 12.8. The number of anilines is 1. The Hall–Kier alpha value is -2.73. The highest BCUT2D eigenvalue weighted by Crippen LogP contribution is 2.25. The van der Waals surface area contributed by atoms with Crippen molar-refractivity contribution >= 4 is 43.0 Å². The van der Waals surface area contributed by atoms with Gasteiger partial charge in [-0.1, -0.05) is 29.8 Å². The highest BCUT2D eigenvalue weighted by Gasteiger charge is 2.24. The van der Waals surface area contributed by atoms with Crippen LogP contribution in [0.1, 0.15) is 20.8 Å². The Morgan fingerprint density at radius 2 is 1.68 bits per heavy atom. The number of carbonyl (C=O) groups is 1. The van der Waals surface area contributed by atoms with Gasteiger partial charge in [0.2, 0.25) is 10.0 Å². The van der Waals surface area contributed by atoms with E-state index in [0.717, 1.165) is 16.9 Å². The van der Waals surface area contributed by atoms with Gasteiger partial charge in [-0.3, -0.25) is 9.52 Å². The van der Waals surface area contributed by atoms with Crippen LogP contribution in [-0.2, 0) is 26.6 Å². The zero-order valence-corrected chi connectivity index (χ0v) is 19.2. The molecular weight excluding hydrogens is 458 g/mol. The summed E-state index contributed by atoms with van der Waals surface area (Å²) >= 11 is 1.01. The molecule has 1 heterocycles. The van der Waals surface area contributed by atoms with Gasteiger partial charge in [0, 0.05) is 12.2 Å². The van der Waals surface area contributed by atoms with E-state index < -0.39 is 26.0 Å². The van der Waals surface area contributed by atoms with Crippen molar-refractivity contribution in [2.24, 2.45) is 0 Å². The second kappa shape index (κ2) is 9.18. The maximum Gasteiger partial charge on any atom is 0.263 e. The zero-order valence-electron chi connectivity index (χ0n) is 16.7. The summed E-state index contributed by atoms with van der Waals surface area (Å²) in [4.78, 5) is 12.6. The average molecular weight is 480 g/mol. The first kappa shape index (κ1) is 22.9. The Morgan fingerprint density at radius 1 is 0.968 bits per heavy atom. The SMILES string of the molecule is CNS(=O)(=O)c1cccc(CNC(=O)c2sccc2S(=O)(=O)Nc2ccc(C)cc2)c1. The third-order valence-corrected chi connectivity index (χ3v) is 8.24. The molecule has 0 saturated heterocycles. The second-order valence-electron chi connectivity index (χ2n) is 6.62. The average Bonchev–Trinajstić information content (AvgIpc) is 3.25. The molecule has 1 amide bonds. The van der Waals surface area contributed by atoms with Crippen LogP contribution in [0.5, 0.6) is 0 Å². The topological polar surface area (TPSA) is 121 Å². The lowest BCUT2D eigenvalue weighted by molar-refractivity contribution is 0.0952. The molecule has 0 saturated carbocycles. The van der Waals surface area contributed by atoms with E-state index in [4.69, 9.17) is 0 Å². The van der Waals surface area contributed by atoms with Crippen LogP contribution >= 0.6 is 11.3 Å². The van der Waals surface area contributed by atoms with Crippen LogP contribution in [0.15, 0.2) is 69.8 Å². The molecule has 0 aliphatic heterocycles. The van der Waals surface area contributed by atoms with Crippen molar-refractivity contribution in [2.75, 3.05) is 11.8 Å². The molecule has 0 aliphatic carbocycles. The van der Waals surface area contributed by atoms with E-state index in [0.29, 0.717) is 11.3 Å². The van der Waals surface area contributed by atoms with E-state index in [1.165, 1.54) is 30.6 Å². The highest BCUT2D eigenvalue weighted by molar-refractivity contribution is 7.93. The molecular formula is C20H21N3O5S3. The number of sulfonamides is 2. The maximum absolute atomic E-state index is 12.8. The van der Waals surface area contributed by atoms with E-state index in [1.807, 2.05) is 6.92 Å². The highest BCUT2D eigenvalue weighted by atomic mass is 32.2. The Kier molecular flexibility index (Phi) is 6.80. The van der Waals surface area contributed by atoms with Gasteiger partial charge < -0.3 is 5.32 Å². The summed E-state index contributed by atoms with van der Waals surface area (Å²) < 4.78 is 54.1. The summed E-state index contributed by atoms with van der Waals surface area (Å²) in [5.74, 6) is -0.568. The Morgan fingerprint density at radius 3 is 2.35 bits per heavy atom. The molecule has 3 N–H and O–H groups in total. The standard InChI is InChI=1S/C20H21N3O5S3/c1-14-6-8-16(9-7-14)23-31(27,28)18-10-11-29-19(18)20(24)22-13-15-4-3-5-17(12-15)30(25,26)21-2/h3-12,21,23H,13H2,1-2H3,(H,22,24). The van der Waals surface area contributed by atoms with Gasteiger partial charge >= 0.3 is 0 Å². The lowest BCUT2D eigenvalue weighted by Gasteiger charge is -2.10. The van der Waals surface area contributed by atoms with Crippen LogP contribution in [0.4, 0.5) is 5.69 Å². The quantitative estimate of drug-likeness (QED) is 0.459. The normalized spacial score (nSPS) is 11.8. The summed E-state index contributed by atoms with van der Waals surface area (Å²) in [6, 6.07) is 14.3. The number of thiophene rings is 1. The van der Waals surface area contributed by atoms with E-state index in [-0.39, 0.29) is 21.2 Å². The lowest BCUT2D eigenvalue weighted by Crippen LogP contribution is -2.25. The van der Waals surface area contributed by atoms with Gasteiger partial charge in [-0.15, -0.1) is 11.3 Å². The monoisotopic (exact) mass is 479 g/mol. The number of benzene rings is 2.